The molecule has 0 atom stereocenters. The van der Waals surface area contributed by atoms with Crippen LogP contribution in [0.4, 0.5) is 5.69 Å². The Morgan fingerprint density at radius 3 is 2.31 bits per heavy atom. The van der Waals surface area contributed by atoms with Crippen molar-refractivity contribution in [2.24, 2.45) is 0 Å². The molecule has 1 amide bonds. The molecule has 1 fully saturated rings. The highest BCUT2D eigenvalue weighted by atomic mass is 79.9. The number of ether oxygens (including phenoxy) is 1. The quantitative estimate of drug-likeness (QED) is 0.602. The Balaban J connectivity index is 1.33. The zero-order chi connectivity index (χ0) is 18.2. The van der Waals surface area contributed by atoms with Crippen molar-refractivity contribution >= 4 is 27.5 Å². The Morgan fingerprint density at radius 1 is 0.962 bits per heavy atom. The first-order valence-corrected chi connectivity index (χ1v) is 9.89. The number of benzene rings is 2. The second-order valence-electron chi connectivity index (χ2n) is 6.64. The monoisotopic (exact) mass is 419 g/mol. The van der Waals surface area contributed by atoms with Crippen molar-refractivity contribution < 1.29 is 19.3 Å². The summed E-state index contributed by atoms with van der Waals surface area (Å²) in [6, 6.07) is 17.6. The third-order valence-electron chi connectivity index (χ3n) is 4.67. The van der Waals surface area contributed by atoms with Crippen LogP contribution in [0.25, 0.3) is 0 Å². The molecule has 3 N–H and O–H groups in total. The third-order valence-corrected chi connectivity index (χ3v) is 5.20. The SMILES string of the molecule is O=C(C[NH+]1CC[NH+](CCOc2ccccc2)CC1)Nc1ccc(Br)cc1. The smallest absolute Gasteiger partial charge is 0.279 e. The van der Waals surface area contributed by atoms with Gasteiger partial charge in [0, 0.05) is 10.2 Å². The number of rotatable bonds is 7. The van der Waals surface area contributed by atoms with Gasteiger partial charge in [-0.3, -0.25) is 4.79 Å². The predicted molar refractivity (Wildman–Crippen MR) is 106 cm³/mol. The molecule has 5 nitrogen and oxygen atoms in total. The van der Waals surface area contributed by atoms with Gasteiger partial charge in [-0.25, -0.2) is 0 Å². The van der Waals surface area contributed by atoms with Crippen molar-refractivity contribution in [2.75, 3.05) is 51.2 Å². The molecule has 26 heavy (non-hydrogen) atoms. The second-order valence-corrected chi connectivity index (χ2v) is 7.56. The van der Waals surface area contributed by atoms with E-state index in [1.54, 1.807) is 4.90 Å². The highest BCUT2D eigenvalue weighted by molar-refractivity contribution is 9.10. The van der Waals surface area contributed by atoms with Crippen LogP contribution in [0.3, 0.4) is 0 Å². The Kier molecular flexibility index (Phi) is 7.05. The van der Waals surface area contributed by atoms with Crippen molar-refractivity contribution in [3.63, 3.8) is 0 Å². The van der Waals surface area contributed by atoms with Crippen molar-refractivity contribution in [2.45, 2.75) is 0 Å². The normalized spacial score (nSPS) is 19.7. The molecule has 0 bridgehead atoms. The van der Waals surface area contributed by atoms with Crippen molar-refractivity contribution in [1.29, 1.82) is 0 Å². The second kappa shape index (κ2) is 9.71. The molecule has 2 aromatic rings. The van der Waals surface area contributed by atoms with E-state index in [4.69, 9.17) is 4.74 Å². The van der Waals surface area contributed by atoms with Gasteiger partial charge in [-0.15, -0.1) is 0 Å². The van der Waals surface area contributed by atoms with Gasteiger partial charge in [-0.2, -0.15) is 0 Å². The number of amides is 1. The number of carbonyl (C=O) groups is 1. The first kappa shape index (κ1) is 18.9. The van der Waals surface area contributed by atoms with Crippen molar-refractivity contribution in [3.05, 3.63) is 59.1 Å². The van der Waals surface area contributed by atoms with Crippen LogP contribution in [0.5, 0.6) is 5.75 Å². The highest BCUT2D eigenvalue weighted by Crippen LogP contribution is 2.13. The standard InChI is InChI=1S/C20H24BrN3O2/c21-17-6-8-18(9-7-17)22-20(25)16-24-12-10-23(11-13-24)14-15-26-19-4-2-1-3-5-19/h1-9H,10-16H2,(H,22,25)/p+2. The molecule has 0 unspecified atom stereocenters. The fourth-order valence-electron chi connectivity index (χ4n) is 3.18. The summed E-state index contributed by atoms with van der Waals surface area (Å²) in [7, 11) is 0. The fourth-order valence-corrected chi connectivity index (χ4v) is 3.44. The number of nitrogens with one attached hydrogen (secondary N) is 3. The van der Waals surface area contributed by atoms with Crippen molar-refractivity contribution in [3.8, 4) is 5.75 Å². The maximum Gasteiger partial charge on any atom is 0.279 e. The molecule has 0 aliphatic carbocycles. The maximum atomic E-state index is 12.2. The number of para-hydroxylation sites is 1. The summed E-state index contributed by atoms with van der Waals surface area (Å²) in [6.07, 6.45) is 0. The lowest BCUT2D eigenvalue weighted by Gasteiger charge is -2.29. The number of halogens is 1. The van der Waals surface area contributed by atoms with E-state index in [-0.39, 0.29) is 5.91 Å². The Labute approximate surface area is 163 Å². The number of piperazine rings is 1. The van der Waals surface area contributed by atoms with Gasteiger partial charge in [-0.1, -0.05) is 34.1 Å². The highest BCUT2D eigenvalue weighted by Gasteiger charge is 2.24. The first-order valence-electron chi connectivity index (χ1n) is 9.09. The average Bonchev–Trinajstić information content (AvgIpc) is 2.66. The zero-order valence-electron chi connectivity index (χ0n) is 14.8. The summed E-state index contributed by atoms with van der Waals surface area (Å²) < 4.78 is 6.79. The van der Waals surface area contributed by atoms with Gasteiger partial charge in [0.15, 0.2) is 6.54 Å². The molecule has 0 aromatic heterocycles. The number of carbonyl (C=O) groups excluding carboxylic acids is 1. The van der Waals surface area contributed by atoms with Crippen molar-refractivity contribution in [1.82, 2.24) is 0 Å². The van der Waals surface area contributed by atoms with E-state index >= 15 is 0 Å². The lowest BCUT2D eigenvalue weighted by atomic mass is 10.3. The molecule has 0 spiro atoms. The molecule has 2 aromatic carbocycles. The zero-order valence-corrected chi connectivity index (χ0v) is 16.4. The number of anilines is 1. The molecule has 0 radical (unpaired) electrons. The third kappa shape index (κ3) is 6.12. The van der Waals surface area contributed by atoms with Crippen LogP contribution in [-0.4, -0.2) is 51.8 Å². The summed E-state index contributed by atoms with van der Waals surface area (Å²) in [5.41, 5.74) is 0.847. The van der Waals surface area contributed by atoms with Crippen LogP contribution in [0.1, 0.15) is 0 Å². The maximum absolute atomic E-state index is 12.2. The molecular formula is C20H26BrN3O2+2. The van der Waals surface area contributed by atoms with Gasteiger partial charge in [0.05, 0.1) is 0 Å². The molecule has 0 saturated carbocycles. The van der Waals surface area contributed by atoms with E-state index in [2.05, 4.69) is 21.2 Å². The number of hydrogen-bond donors (Lipinski definition) is 3. The molecule has 1 aliphatic heterocycles. The molecule has 138 valence electrons. The summed E-state index contributed by atoms with van der Waals surface area (Å²) in [5, 5.41) is 2.97. The number of quaternary nitrogens is 2. The van der Waals surface area contributed by atoms with Crippen LogP contribution in [0.15, 0.2) is 59.1 Å². The molecular weight excluding hydrogens is 394 g/mol. The minimum absolute atomic E-state index is 0.0817. The van der Waals surface area contributed by atoms with Gasteiger partial charge >= 0.3 is 0 Å². The van der Waals surface area contributed by atoms with Gasteiger partial charge in [0.1, 0.15) is 45.1 Å². The summed E-state index contributed by atoms with van der Waals surface area (Å²) in [4.78, 5) is 15.1. The Hall–Kier alpha value is -1.89. The van der Waals surface area contributed by atoms with Crippen LogP contribution in [-0.2, 0) is 4.79 Å². The lowest BCUT2D eigenvalue weighted by molar-refractivity contribution is -1.01. The van der Waals surface area contributed by atoms with E-state index in [9.17, 15) is 4.79 Å². The predicted octanol–water partition coefficient (Wildman–Crippen LogP) is 0.250. The largest absolute Gasteiger partial charge is 0.488 e. The molecule has 1 saturated heterocycles. The first-order chi connectivity index (χ1) is 12.7. The molecule has 3 rings (SSSR count). The molecule has 1 aliphatic rings. The molecule has 6 heteroatoms. The van der Waals surface area contributed by atoms with E-state index < -0.39 is 0 Å². The number of hydrogen-bond acceptors (Lipinski definition) is 2. The van der Waals surface area contributed by atoms with Gasteiger partial charge in [0.25, 0.3) is 5.91 Å². The van der Waals surface area contributed by atoms with Gasteiger partial charge in [0.2, 0.25) is 0 Å². The fraction of sp³-hybridized carbons (Fsp3) is 0.350. The Morgan fingerprint density at radius 2 is 1.62 bits per heavy atom. The minimum Gasteiger partial charge on any atom is -0.488 e. The van der Waals surface area contributed by atoms with Crippen LogP contribution >= 0.6 is 15.9 Å². The average molecular weight is 420 g/mol. The summed E-state index contributed by atoms with van der Waals surface area (Å²) >= 11 is 3.40. The topological polar surface area (TPSA) is 47.2 Å². The molecule has 1 heterocycles. The van der Waals surface area contributed by atoms with Crippen LogP contribution in [0, 0.1) is 0 Å². The van der Waals surface area contributed by atoms with E-state index in [1.807, 2.05) is 54.6 Å². The van der Waals surface area contributed by atoms with Gasteiger partial charge < -0.3 is 19.9 Å². The van der Waals surface area contributed by atoms with E-state index in [0.29, 0.717) is 6.54 Å². The van der Waals surface area contributed by atoms with Crippen LogP contribution < -0.4 is 19.9 Å². The van der Waals surface area contributed by atoms with Gasteiger partial charge in [-0.05, 0) is 36.4 Å². The van der Waals surface area contributed by atoms with E-state index in [1.165, 1.54) is 4.90 Å². The minimum atomic E-state index is 0.0817. The lowest BCUT2D eigenvalue weighted by Crippen LogP contribution is -3.28. The van der Waals surface area contributed by atoms with E-state index in [0.717, 1.165) is 55.2 Å². The summed E-state index contributed by atoms with van der Waals surface area (Å²) in [6.45, 7) is 6.48. The Bertz CT molecular complexity index is 686. The summed E-state index contributed by atoms with van der Waals surface area (Å²) in [5.74, 6) is 1.01. The van der Waals surface area contributed by atoms with Crippen LogP contribution in [0.2, 0.25) is 0 Å².